The molecule has 0 unspecified atom stereocenters. The van der Waals surface area contributed by atoms with Gasteiger partial charge in [-0.1, -0.05) is 231 Å². The molecule has 17 aromatic rings. The summed E-state index contributed by atoms with van der Waals surface area (Å²) in [5, 5.41) is 24.2. The summed E-state index contributed by atoms with van der Waals surface area (Å²) in [6, 6.07) is 117. The van der Waals surface area contributed by atoms with Crippen molar-refractivity contribution >= 4 is 142 Å². The second kappa shape index (κ2) is 19.3. The second-order valence-electron chi connectivity index (χ2n) is 22.5. The van der Waals surface area contributed by atoms with Gasteiger partial charge in [-0.2, -0.15) is 0 Å². The van der Waals surface area contributed by atoms with E-state index in [-0.39, 0.29) is 0 Å². The number of benzene rings is 17. The molecule has 0 saturated heterocycles. The smallest absolute Gasteiger partial charge is 0.0468 e. The molecule has 17 rings (SSSR count). The van der Waals surface area contributed by atoms with Crippen LogP contribution >= 0.6 is 0 Å². The largest absolute Gasteiger partial charge is 0.310 e. The molecule has 0 heterocycles. The van der Waals surface area contributed by atoms with Gasteiger partial charge in [0, 0.05) is 34.1 Å². The van der Waals surface area contributed by atoms with Gasteiger partial charge in [0.1, 0.15) is 0 Å². The Bertz CT molecular complexity index is 5040. The lowest BCUT2D eigenvalue weighted by Gasteiger charge is -2.27. The molecule has 17 aromatic carbocycles. The Morgan fingerprint density at radius 2 is 0.369 bits per heavy atom. The Balaban J connectivity index is 0.942. The first-order chi connectivity index (χ1) is 41.6. The van der Waals surface area contributed by atoms with Crippen molar-refractivity contribution in [3.63, 3.8) is 0 Å². The molecule has 0 amide bonds. The van der Waals surface area contributed by atoms with E-state index in [0.29, 0.717) is 0 Å². The van der Waals surface area contributed by atoms with Gasteiger partial charge >= 0.3 is 0 Å². The van der Waals surface area contributed by atoms with Crippen LogP contribution in [0.3, 0.4) is 0 Å². The van der Waals surface area contributed by atoms with Crippen molar-refractivity contribution in [2.75, 3.05) is 9.80 Å². The molecule has 0 radical (unpaired) electrons. The molecule has 390 valence electrons. The van der Waals surface area contributed by atoms with E-state index in [4.69, 9.17) is 0 Å². The summed E-state index contributed by atoms with van der Waals surface area (Å²) in [6.07, 6.45) is 0. The summed E-state index contributed by atoms with van der Waals surface area (Å²) in [7, 11) is 0. The van der Waals surface area contributed by atoms with Crippen LogP contribution < -0.4 is 9.80 Å². The summed E-state index contributed by atoms with van der Waals surface area (Å²) in [5.41, 5.74) is 11.5. The Kier molecular flexibility index (Phi) is 11.0. The normalized spacial score (nSPS) is 11.8. The van der Waals surface area contributed by atoms with Gasteiger partial charge in [0.25, 0.3) is 0 Å². The molecule has 2 nitrogen and oxygen atoms in total. The molecule has 0 aliphatic heterocycles. The monoisotopic (exact) mass is 1060 g/mol. The molecule has 0 aliphatic rings. The van der Waals surface area contributed by atoms with Crippen LogP contribution in [0.2, 0.25) is 0 Å². The fraction of sp³-hybridized carbons (Fsp3) is 0. The first-order valence-corrected chi connectivity index (χ1v) is 29.0. The maximum atomic E-state index is 2.43. The average Bonchev–Trinajstić information content (AvgIpc) is 1.09. The molecule has 0 aromatic heterocycles. The van der Waals surface area contributed by atoms with Crippen molar-refractivity contribution in [1.82, 2.24) is 0 Å². The van der Waals surface area contributed by atoms with Gasteiger partial charge in [-0.3, -0.25) is 0 Å². The molecule has 84 heavy (non-hydrogen) atoms. The van der Waals surface area contributed by atoms with Crippen molar-refractivity contribution in [3.8, 4) is 22.3 Å². The number of rotatable bonds is 8. The molecular weight excluding hydrogens is 1010 g/mol. The van der Waals surface area contributed by atoms with E-state index in [2.05, 4.69) is 325 Å². The van der Waals surface area contributed by atoms with Gasteiger partial charge in [-0.25, -0.2) is 0 Å². The summed E-state index contributed by atoms with van der Waals surface area (Å²) in [6.45, 7) is 0. The van der Waals surface area contributed by atoms with Crippen LogP contribution in [-0.4, -0.2) is 0 Å². The maximum absolute atomic E-state index is 2.43. The van der Waals surface area contributed by atoms with E-state index in [1.165, 1.54) is 130 Å². The van der Waals surface area contributed by atoms with Gasteiger partial charge in [-0.05, 0) is 215 Å². The van der Waals surface area contributed by atoms with Crippen molar-refractivity contribution in [1.29, 1.82) is 0 Å². The van der Waals surface area contributed by atoms with Crippen LogP contribution in [0.15, 0.2) is 315 Å². The highest BCUT2D eigenvalue weighted by atomic mass is 15.1. The summed E-state index contributed by atoms with van der Waals surface area (Å²) < 4.78 is 0. The molecular formula is C82H52N2. The van der Waals surface area contributed by atoms with Crippen LogP contribution in [-0.2, 0) is 0 Å². The highest BCUT2D eigenvalue weighted by molar-refractivity contribution is 6.33. The lowest BCUT2D eigenvalue weighted by Crippen LogP contribution is -2.10. The van der Waals surface area contributed by atoms with Crippen LogP contribution in [0, 0.1) is 0 Å². The lowest BCUT2D eigenvalue weighted by atomic mass is 9.81. The molecule has 0 aliphatic carbocycles. The number of hydrogen-bond acceptors (Lipinski definition) is 2. The third-order valence-corrected chi connectivity index (χ3v) is 17.6. The summed E-state index contributed by atoms with van der Waals surface area (Å²) in [4.78, 5) is 4.85. The van der Waals surface area contributed by atoms with Crippen LogP contribution in [0.1, 0.15) is 0 Å². The molecule has 2 heteroatoms. The summed E-state index contributed by atoms with van der Waals surface area (Å²) >= 11 is 0. The highest BCUT2D eigenvalue weighted by Gasteiger charge is 2.24. The van der Waals surface area contributed by atoms with E-state index in [1.54, 1.807) is 0 Å². The SMILES string of the molecule is c1ccc2cc(-c3c4ccc5cc(N(c6ccc7ccccc7c6)c6ccc7ccccc7c6)ccc5c4c(-c4ccc5ccccc5c4)c4ccc5cc(N(c6ccc7ccccc7c6)c6ccc7ccccc7c6)ccc5c34)ccc2c1. The summed E-state index contributed by atoms with van der Waals surface area (Å²) in [5.74, 6) is 0. The molecule has 0 spiro atoms. The van der Waals surface area contributed by atoms with Gasteiger partial charge in [0.15, 0.2) is 0 Å². The molecule has 0 bridgehead atoms. The van der Waals surface area contributed by atoms with Crippen molar-refractivity contribution in [2.24, 2.45) is 0 Å². The first kappa shape index (κ1) is 47.7. The third kappa shape index (κ3) is 7.95. The van der Waals surface area contributed by atoms with Gasteiger partial charge in [0.2, 0.25) is 0 Å². The predicted molar refractivity (Wildman–Crippen MR) is 362 cm³/mol. The standard InChI is InChI=1S/C82H52N2/c1-7-19-59-45-67(27-25-53(59)13-1)79-77-41-33-66-52-74(84(71-37-31-57-17-5-11-23-63(57)49-71)72-38-32-58-18-6-12-24-64(58)50-72)40-44-76(66)82(77)80(68-28-26-54-14-2-8-20-60(54)46-68)78-42-34-65-51-73(39-43-75(65)81(78)79)83(69-35-29-55-15-3-9-21-61(55)47-69)70-36-30-56-16-4-10-22-62(56)48-70/h1-52H. The number of anilines is 6. The lowest BCUT2D eigenvalue weighted by molar-refractivity contribution is 1.30. The Morgan fingerprint density at radius 1 is 0.155 bits per heavy atom. The second-order valence-corrected chi connectivity index (χ2v) is 22.5. The minimum absolute atomic E-state index is 1.10. The molecule has 0 atom stereocenters. The number of nitrogens with zero attached hydrogens (tertiary/aromatic N) is 2. The Hall–Kier alpha value is -11.1. The van der Waals surface area contributed by atoms with E-state index < -0.39 is 0 Å². The van der Waals surface area contributed by atoms with Crippen LogP contribution in [0.25, 0.3) is 130 Å². The van der Waals surface area contributed by atoms with Crippen molar-refractivity contribution in [3.05, 3.63) is 315 Å². The minimum atomic E-state index is 1.10. The zero-order valence-electron chi connectivity index (χ0n) is 45.9. The minimum Gasteiger partial charge on any atom is -0.310 e. The van der Waals surface area contributed by atoms with Crippen molar-refractivity contribution < 1.29 is 0 Å². The Morgan fingerprint density at radius 3 is 0.667 bits per heavy atom. The van der Waals surface area contributed by atoms with E-state index >= 15 is 0 Å². The zero-order valence-corrected chi connectivity index (χ0v) is 45.9. The molecule has 0 N–H and O–H groups in total. The van der Waals surface area contributed by atoms with Gasteiger partial charge < -0.3 is 9.80 Å². The maximum Gasteiger partial charge on any atom is 0.0468 e. The van der Waals surface area contributed by atoms with E-state index in [9.17, 15) is 0 Å². The molecule has 0 fully saturated rings. The van der Waals surface area contributed by atoms with Crippen LogP contribution in [0.4, 0.5) is 34.1 Å². The predicted octanol–water partition coefficient (Wildman–Crippen LogP) is 23.5. The fourth-order valence-corrected chi connectivity index (χ4v) is 13.6. The first-order valence-electron chi connectivity index (χ1n) is 29.0. The number of fused-ring (bicyclic) bond motifs is 12. The topological polar surface area (TPSA) is 6.48 Å². The third-order valence-electron chi connectivity index (χ3n) is 17.6. The highest BCUT2D eigenvalue weighted by Crippen LogP contribution is 2.51. The van der Waals surface area contributed by atoms with Crippen molar-refractivity contribution in [2.45, 2.75) is 0 Å². The van der Waals surface area contributed by atoms with E-state index in [1.807, 2.05) is 0 Å². The van der Waals surface area contributed by atoms with Gasteiger partial charge in [0.05, 0.1) is 0 Å². The number of hydrogen-bond donors (Lipinski definition) is 0. The van der Waals surface area contributed by atoms with Crippen LogP contribution in [0.5, 0.6) is 0 Å². The quantitative estimate of drug-likeness (QED) is 0.111. The fourth-order valence-electron chi connectivity index (χ4n) is 13.6. The Labute approximate surface area is 486 Å². The van der Waals surface area contributed by atoms with E-state index in [0.717, 1.165) is 34.1 Å². The van der Waals surface area contributed by atoms with Gasteiger partial charge in [-0.15, -0.1) is 0 Å². The average molecular weight is 1070 g/mol. The molecule has 0 saturated carbocycles. The zero-order chi connectivity index (χ0) is 55.2.